The van der Waals surface area contributed by atoms with Gasteiger partial charge in [-0.05, 0) is 36.2 Å². The Hall–Kier alpha value is -4.24. The van der Waals surface area contributed by atoms with Gasteiger partial charge in [-0.15, -0.1) is 0 Å². The SMILES string of the molecule is COCc1nc2cc(NC(=O)Cc3ccccc3)cc(C(=O)NCCCOc3cccnc3)c2n1C. The van der Waals surface area contributed by atoms with E-state index in [0.717, 1.165) is 5.56 Å². The van der Waals surface area contributed by atoms with Gasteiger partial charge in [0.2, 0.25) is 5.91 Å². The van der Waals surface area contributed by atoms with Crippen LogP contribution in [0.3, 0.4) is 0 Å². The molecule has 0 aliphatic carbocycles. The van der Waals surface area contributed by atoms with E-state index in [4.69, 9.17) is 9.47 Å². The van der Waals surface area contributed by atoms with Crippen LogP contribution >= 0.6 is 0 Å². The second kappa shape index (κ2) is 11.9. The van der Waals surface area contributed by atoms with Crippen LogP contribution in [-0.4, -0.2) is 46.6 Å². The van der Waals surface area contributed by atoms with Crippen LogP contribution in [0.4, 0.5) is 5.69 Å². The van der Waals surface area contributed by atoms with Crippen LogP contribution in [0.25, 0.3) is 11.0 Å². The number of benzene rings is 2. The van der Waals surface area contributed by atoms with Gasteiger partial charge in [-0.25, -0.2) is 4.98 Å². The second-order valence-electron chi connectivity index (χ2n) is 8.27. The largest absolute Gasteiger partial charge is 0.492 e. The van der Waals surface area contributed by atoms with Gasteiger partial charge in [0.1, 0.15) is 18.2 Å². The van der Waals surface area contributed by atoms with Crippen molar-refractivity contribution in [3.8, 4) is 5.75 Å². The highest BCUT2D eigenvalue weighted by molar-refractivity contribution is 6.07. The Morgan fingerprint density at radius 1 is 1.08 bits per heavy atom. The predicted octanol–water partition coefficient (Wildman–Crippen LogP) is 3.49. The zero-order valence-electron chi connectivity index (χ0n) is 20.4. The minimum atomic E-state index is -0.257. The van der Waals surface area contributed by atoms with E-state index in [1.54, 1.807) is 37.7 Å². The maximum absolute atomic E-state index is 13.2. The Morgan fingerprint density at radius 2 is 1.92 bits per heavy atom. The van der Waals surface area contributed by atoms with Crippen molar-refractivity contribution in [1.82, 2.24) is 19.9 Å². The maximum atomic E-state index is 13.2. The molecule has 0 bridgehead atoms. The second-order valence-corrected chi connectivity index (χ2v) is 8.27. The van der Waals surface area contributed by atoms with Crippen LogP contribution in [0.15, 0.2) is 67.0 Å². The maximum Gasteiger partial charge on any atom is 0.253 e. The summed E-state index contributed by atoms with van der Waals surface area (Å²) in [6.07, 6.45) is 4.18. The molecule has 0 aliphatic heterocycles. The fourth-order valence-corrected chi connectivity index (χ4v) is 3.88. The molecule has 0 unspecified atom stereocenters. The number of pyridine rings is 1. The van der Waals surface area contributed by atoms with Crippen LogP contribution in [0.2, 0.25) is 0 Å². The molecule has 0 aliphatic rings. The molecule has 4 rings (SSSR count). The van der Waals surface area contributed by atoms with E-state index >= 15 is 0 Å². The topological polar surface area (TPSA) is 107 Å². The molecule has 0 fully saturated rings. The summed E-state index contributed by atoms with van der Waals surface area (Å²) < 4.78 is 12.7. The molecular weight excluding hydrogens is 458 g/mol. The summed E-state index contributed by atoms with van der Waals surface area (Å²) >= 11 is 0. The van der Waals surface area contributed by atoms with Gasteiger partial charge in [0.15, 0.2) is 0 Å². The summed E-state index contributed by atoms with van der Waals surface area (Å²) in [5.41, 5.74) is 3.12. The number of amides is 2. The molecule has 4 aromatic rings. The third-order valence-electron chi connectivity index (χ3n) is 5.58. The fourth-order valence-electron chi connectivity index (χ4n) is 3.88. The van der Waals surface area contributed by atoms with Gasteiger partial charge < -0.3 is 24.7 Å². The number of aryl methyl sites for hydroxylation is 1. The minimum absolute atomic E-state index is 0.174. The molecule has 0 atom stereocenters. The number of fused-ring (bicyclic) bond motifs is 1. The molecular formula is C27H29N5O4. The Bertz CT molecular complexity index is 1320. The van der Waals surface area contributed by atoms with Gasteiger partial charge in [-0.3, -0.25) is 14.6 Å². The number of carbonyl (C=O) groups is 2. The van der Waals surface area contributed by atoms with Crippen molar-refractivity contribution >= 4 is 28.5 Å². The number of anilines is 1. The first-order valence-electron chi connectivity index (χ1n) is 11.7. The molecule has 9 nitrogen and oxygen atoms in total. The van der Waals surface area contributed by atoms with E-state index in [2.05, 4.69) is 20.6 Å². The first-order chi connectivity index (χ1) is 17.5. The number of imidazole rings is 1. The lowest BCUT2D eigenvalue weighted by Gasteiger charge is -2.12. The number of aromatic nitrogens is 3. The first kappa shape index (κ1) is 24.9. The molecule has 0 saturated carbocycles. The molecule has 2 amide bonds. The van der Waals surface area contributed by atoms with Crippen molar-refractivity contribution in [2.45, 2.75) is 19.4 Å². The van der Waals surface area contributed by atoms with Gasteiger partial charge in [0.25, 0.3) is 5.91 Å². The molecule has 0 saturated heterocycles. The molecule has 2 heterocycles. The number of rotatable bonds is 11. The lowest BCUT2D eigenvalue weighted by atomic mass is 10.1. The third-order valence-corrected chi connectivity index (χ3v) is 5.58. The van der Waals surface area contributed by atoms with E-state index in [1.807, 2.05) is 48.0 Å². The van der Waals surface area contributed by atoms with Gasteiger partial charge >= 0.3 is 0 Å². The molecule has 2 aromatic heterocycles. The molecule has 9 heteroatoms. The summed E-state index contributed by atoms with van der Waals surface area (Å²) in [5, 5.41) is 5.85. The van der Waals surface area contributed by atoms with Gasteiger partial charge in [0, 0.05) is 32.6 Å². The molecule has 0 radical (unpaired) electrons. The molecule has 36 heavy (non-hydrogen) atoms. The lowest BCUT2D eigenvalue weighted by molar-refractivity contribution is -0.115. The highest BCUT2D eigenvalue weighted by Gasteiger charge is 2.19. The van der Waals surface area contributed by atoms with E-state index in [0.29, 0.717) is 60.0 Å². The third kappa shape index (κ3) is 6.25. The van der Waals surface area contributed by atoms with E-state index in [1.165, 1.54) is 0 Å². The first-order valence-corrected chi connectivity index (χ1v) is 11.7. The highest BCUT2D eigenvalue weighted by Crippen LogP contribution is 2.25. The van der Waals surface area contributed by atoms with Crippen LogP contribution in [0.1, 0.15) is 28.2 Å². The average molecular weight is 488 g/mol. The number of hydrogen-bond donors (Lipinski definition) is 2. The van der Waals surface area contributed by atoms with Crippen molar-refractivity contribution in [1.29, 1.82) is 0 Å². The zero-order valence-corrected chi connectivity index (χ0v) is 20.4. The number of methoxy groups -OCH3 is 1. The summed E-state index contributed by atoms with van der Waals surface area (Å²) in [5.74, 6) is 0.934. The minimum Gasteiger partial charge on any atom is -0.492 e. The van der Waals surface area contributed by atoms with Crippen LogP contribution in [0, 0.1) is 0 Å². The summed E-state index contributed by atoms with van der Waals surface area (Å²) in [7, 11) is 3.44. The van der Waals surface area contributed by atoms with E-state index in [9.17, 15) is 9.59 Å². The van der Waals surface area contributed by atoms with Crippen LogP contribution in [-0.2, 0) is 29.6 Å². The quantitative estimate of drug-likeness (QED) is 0.314. The van der Waals surface area contributed by atoms with E-state index in [-0.39, 0.29) is 18.2 Å². The monoisotopic (exact) mass is 487 g/mol. The fraction of sp³-hybridized carbons (Fsp3) is 0.259. The predicted molar refractivity (Wildman–Crippen MR) is 137 cm³/mol. The number of nitrogens with one attached hydrogen (secondary N) is 2. The Kier molecular flexibility index (Phi) is 8.25. The van der Waals surface area contributed by atoms with Crippen molar-refractivity contribution in [2.75, 3.05) is 25.6 Å². The number of carbonyl (C=O) groups excluding carboxylic acids is 2. The molecule has 2 N–H and O–H groups in total. The zero-order chi connectivity index (χ0) is 25.3. The normalized spacial score (nSPS) is 10.8. The van der Waals surface area contributed by atoms with E-state index < -0.39 is 0 Å². The van der Waals surface area contributed by atoms with Gasteiger partial charge in [-0.2, -0.15) is 0 Å². The van der Waals surface area contributed by atoms with Crippen molar-refractivity contribution < 1.29 is 19.1 Å². The standard InChI is InChI=1S/C27H29N5O4/c1-32-24(18-35-2)31-23-16-20(30-25(33)14-19-8-4-3-5-9-19)15-22(26(23)32)27(34)29-12-7-13-36-21-10-6-11-28-17-21/h3-6,8-11,15-17H,7,12-14,18H2,1-2H3,(H,29,34)(H,30,33). The number of ether oxygens (including phenoxy) is 2. The van der Waals surface area contributed by atoms with Gasteiger partial charge in [-0.1, -0.05) is 30.3 Å². The van der Waals surface area contributed by atoms with Crippen molar-refractivity contribution in [3.63, 3.8) is 0 Å². The molecule has 2 aromatic carbocycles. The molecule has 0 spiro atoms. The summed E-state index contributed by atoms with van der Waals surface area (Å²) in [4.78, 5) is 34.5. The van der Waals surface area contributed by atoms with Crippen LogP contribution in [0.5, 0.6) is 5.75 Å². The Morgan fingerprint density at radius 3 is 2.67 bits per heavy atom. The van der Waals surface area contributed by atoms with Crippen LogP contribution < -0.4 is 15.4 Å². The molecule has 186 valence electrons. The number of hydrogen-bond acceptors (Lipinski definition) is 6. The highest BCUT2D eigenvalue weighted by atomic mass is 16.5. The summed E-state index contributed by atoms with van der Waals surface area (Å²) in [6.45, 7) is 1.17. The Labute approximate surface area is 209 Å². The van der Waals surface area contributed by atoms with Crippen molar-refractivity contribution in [2.24, 2.45) is 7.05 Å². The lowest BCUT2D eigenvalue weighted by Crippen LogP contribution is -2.26. The van der Waals surface area contributed by atoms with Crippen molar-refractivity contribution in [3.05, 3.63) is 83.9 Å². The smallest absolute Gasteiger partial charge is 0.253 e. The Balaban J connectivity index is 1.48. The number of nitrogens with zero attached hydrogens (tertiary/aromatic N) is 3. The summed E-state index contributed by atoms with van der Waals surface area (Å²) in [6, 6.07) is 16.6. The average Bonchev–Trinajstić information content (AvgIpc) is 3.19. The van der Waals surface area contributed by atoms with Gasteiger partial charge in [0.05, 0.1) is 35.8 Å².